The smallest absolute Gasteiger partial charge is 0.332 e. The summed E-state index contributed by atoms with van der Waals surface area (Å²) in [7, 11) is 0. The quantitative estimate of drug-likeness (QED) is 0.364. The fourth-order valence-electron chi connectivity index (χ4n) is 1.48. The molecule has 1 fully saturated rings. The zero-order valence-corrected chi connectivity index (χ0v) is 9.00. The topological polar surface area (TPSA) is 113 Å². The highest BCUT2D eigenvalue weighted by Crippen LogP contribution is 2.11. The van der Waals surface area contributed by atoms with Crippen LogP contribution >= 0.6 is 0 Å². The summed E-state index contributed by atoms with van der Waals surface area (Å²) < 4.78 is 4.60. The van der Waals surface area contributed by atoms with Gasteiger partial charge in [0.1, 0.15) is 0 Å². The highest BCUT2D eigenvalue weighted by molar-refractivity contribution is 6.01. The van der Waals surface area contributed by atoms with E-state index in [2.05, 4.69) is 4.74 Å². The van der Waals surface area contributed by atoms with Crippen LogP contribution in [0.5, 0.6) is 0 Å². The fraction of sp³-hybridized carbons (Fsp3) is 0.778. The zero-order chi connectivity index (χ0) is 12.3. The molecule has 1 rings (SSSR count). The van der Waals surface area contributed by atoms with Gasteiger partial charge in [-0.15, -0.1) is 0 Å². The molecule has 1 saturated heterocycles. The lowest BCUT2D eigenvalue weighted by atomic mass is 10.3. The molecule has 92 valence electrons. The van der Waals surface area contributed by atoms with Crippen LogP contribution in [0.15, 0.2) is 0 Å². The van der Waals surface area contributed by atoms with Crippen molar-refractivity contribution >= 4 is 11.9 Å². The van der Waals surface area contributed by atoms with Gasteiger partial charge in [-0.25, -0.2) is 4.79 Å². The van der Waals surface area contributed by atoms with Crippen molar-refractivity contribution in [3.05, 3.63) is 0 Å². The van der Waals surface area contributed by atoms with E-state index in [9.17, 15) is 19.8 Å². The molecule has 0 bridgehead atoms. The molecule has 3 atom stereocenters. The van der Waals surface area contributed by atoms with Gasteiger partial charge in [0.05, 0.1) is 18.8 Å². The van der Waals surface area contributed by atoms with Crippen molar-refractivity contribution in [3.63, 3.8) is 0 Å². The van der Waals surface area contributed by atoms with Crippen LogP contribution in [0.2, 0.25) is 0 Å². The molecular formula is C9H16N2O5. The summed E-state index contributed by atoms with van der Waals surface area (Å²) >= 11 is 0. The maximum absolute atomic E-state index is 11.6. The molecule has 0 saturated carbocycles. The van der Waals surface area contributed by atoms with Crippen molar-refractivity contribution < 1.29 is 24.5 Å². The van der Waals surface area contributed by atoms with Gasteiger partial charge in [-0.1, -0.05) is 0 Å². The van der Waals surface area contributed by atoms with E-state index in [0.717, 1.165) is 4.90 Å². The van der Waals surface area contributed by atoms with Gasteiger partial charge in [-0.05, 0) is 6.92 Å². The van der Waals surface area contributed by atoms with E-state index < -0.39 is 30.1 Å². The van der Waals surface area contributed by atoms with Gasteiger partial charge in [0.2, 0.25) is 0 Å². The Labute approximate surface area is 92.8 Å². The molecule has 16 heavy (non-hydrogen) atoms. The Bertz CT molecular complexity index is 273. The molecule has 0 radical (unpaired) electrons. The Hall–Kier alpha value is -1.18. The normalized spacial score (nSPS) is 26.6. The summed E-state index contributed by atoms with van der Waals surface area (Å²) in [5, 5.41) is 18.5. The molecule has 1 amide bonds. The first-order chi connectivity index (χ1) is 7.47. The number of likely N-dealkylation sites (tertiary alicyclic amines) is 1. The Kier molecular flexibility index (Phi) is 4.22. The summed E-state index contributed by atoms with van der Waals surface area (Å²) in [5.74, 6) is -1.45. The number of aliphatic hydroxyl groups is 2. The fourth-order valence-corrected chi connectivity index (χ4v) is 1.48. The summed E-state index contributed by atoms with van der Waals surface area (Å²) in [5.41, 5.74) is 5.39. The lowest BCUT2D eigenvalue weighted by Crippen LogP contribution is -2.48. The van der Waals surface area contributed by atoms with Crippen molar-refractivity contribution in [1.82, 2.24) is 4.90 Å². The number of hydrogen-bond donors (Lipinski definition) is 3. The number of hydrogen-bond acceptors (Lipinski definition) is 6. The van der Waals surface area contributed by atoms with Gasteiger partial charge < -0.3 is 25.6 Å². The third-order valence-electron chi connectivity index (χ3n) is 2.38. The SMILES string of the molecule is CCOC(=O)C(N)C(=O)N1CC(O)C(O)C1. The zero-order valence-electron chi connectivity index (χ0n) is 9.00. The predicted molar refractivity (Wildman–Crippen MR) is 53.2 cm³/mol. The van der Waals surface area contributed by atoms with Gasteiger partial charge in [0.25, 0.3) is 5.91 Å². The molecule has 4 N–H and O–H groups in total. The van der Waals surface area contributed by atoms with E-state index in [1.807, 2.05) is 0 Å². The van der Waals surface area contributed by atoms with Crippen LogP contribution in [0.1, 0.15) is 6.92 Å². The second-order valence-electron chi connectivity index (χ2n) is 3.61. The van der Waals surface area contributed by atoms with Gasteiger partial charge in [-0.2, -0.15) is 0 Å². The van der Waals surface area contributed by atoms with Crippen molar-refractivity contribution in [2.45, 2.75) is 25.2 Å². The minimum Gasteiger partial charge on any atom is -0.464 e. The molecule has 0 aliphatic carbocycles. The van der Waals surface area contributed by atoms with Gasteiger partial charge in [0.15, 0.2) is 6.04 Å². The predicted octanol–water partition coefficient (Wildman–Crippen LogP) is -2.56. The molecule has 0 aromatic heterocycles. The number of amides is 1. The van der Waals surface area contributed by atoms with E-state index in [-0.39, 0.29) is 19.7 Å². The number of ether oxygens (including phenoxy) is 1. The monoisotopic (exact) mass is 232 g/mol. The average molecular weight is 232 g/mol. The van der Waals surface area contributed by atoms with Crippen LogP contribution in [0.3, 0.4) is 0 Å². The molecular weight excluding hydrogens is 216 g/mol. The number of nitrogens with two attached hydrogens (primary N) is 1. The number of esters is 1. The Morgan fingerprint density at radius 2 is 1.94 bits per heavy atom. The van der Waals surface area contributed by atoms with Crippen molar-refractivity contribution in [3.8, 4) is 0 Å². The van der Waals surface area contributed by atoms with E-state index in [4.69, 9.17) is 5.73 Å². The first-order valence-corrected chi connectivity index (χ1v) is 5.04. The number of nitrogens with zero attached hydrogens (tertiary/aromatic N) is 1. The van der Waals surface area contributed by atoms with E-state index in [1.165, 1.54) is 0 Å². The molecule has 1 aliphatic rings. The number of rotatable bonds is 3. The Balaban J connectivity index is 2.55. The van der Waals surface area contributed by atoms with Crippen LogP contribution in [0, 0.1) is 0 Å². The van der Waals surface area contributed by atoms with E-state index in [1.54, 1.807) is 6.92 Å². The molecule has 0 aromatic carbocycles. The third kappa shape index (κ3) is 2.69. The summed E-state index contributed by atoms with van der Waals surface area (Å²) in [6, 6.07) is -1.39. The lowest BCUT2D eigenvalue weighted by molar-refractivity contribution is -0.150. The Morgan fingerprint density at radius 1 is 1.44 bits per heavy atom. The number of aliphatic hydroxyl groups excluding tert-OH is 2. The van der Waals surface area contributed by atoms with Crippen LogP contribution in [-0.2, 0) is 14.3 Å². The number of carbonyl (C=O) groups excluding carboxylic acids is 2. The number of carbonyl (C=O) groups is 2. The van der Waals surface area contributed by atoms with Crippen LogP contribution in [0.25, 0.3) is 0 Å². The highest BCUT2D eigenvalue weighted by atomic mass is 16.5. The molecule has 0 aromatic rings. The molecule has 7 nitrogen and oxygen atoms in total. The molecule has 1 aliphatic heterocycles. The largest absolute Gasteiger partial charge is 0.464 e. The van der Waals surface area contributed by atoms with E-state index in [0.29, 0.717) is 0 Å². The molecule has 1 heterocycles. The highest BCUT2D eigenvalue weighted by Gasteiger charge is 2.37. The molecule has 7 heteroatoms. The first kappa shape index (κ1) is 12.9. The number of β-amino-alcohol motifs (C(OH)–C–C–N with tert-alkyl or cyclic N) is 2. The van der Waals surface area contributed by atoms with Crippen LogP contribution in [0.4, 0.5) is 0 Å². The minimum absolute atomic E-state index is 0.0207. The second-order valence-corrected chi connectivity index (χ2v) is 3.61. The lowest BCUT2D eigenvalue weighted by Gasteiger charge is -2.18. The standard InChI is InChI=1S/C9H16N2O5/c1-2-16-9(15)7(10)8(14)11-3-5(12)6(13)4-11/h5-7,12-13H,2-4,10H2,1H3. The molecule has 0 spiro atoms. The van der Waals surface area contributed by atoms with Gasteiger partial charge >= 0.3 is 5.97 Å². The first-order valence-electron chi connectivity index (χ1n) is 5.04. The van der Waals surface area contributed by atoms with Crippen molar-refractivity contribution in [1.29, 1.82) is 0 Å². The van der Waals surface area contributed by atoms with E-state index >= 15 is 0 Å². The van der Waals surface area contributed by atoms with Gasteiger partial charge in [0, 0.05) is 13.1 Å². The summed E-state index contributed by atoms with van der Waals surface area (Å²) in [4.78, 5) is 24.0. The van der Waals surface area contributed by atoms with Crippen LogP contribution < -0.4 is 5.73 Å². The van der Waals surface area contributed by atoms with Gasteiger partial charge in [-0.3, -0.25) is 4.79 Å². The van der Waals surface area contributed by atoms with Crippen LogP contribution in [-0.4, -0.2) is 64.9 Å². The second kappa shape index (κ2) is 5.24. The Morgan fingerprint density at radius 3 is 2.38 bits per heavy atom. The van der Waals surface area contributed by atoms with Crippen molar-refractivity contribution in [2.24, 2.45) is 5.73 Å². The minimum atomic E-state index is -1.39. The maximum atomic E-state index is 11.6. The third-order valence-corrected chi connectivity index (χ3v) is 2.38. The maximum Gasteiger partial charge on any atom is 0.332 e. The van der Waals surface area contributed by atoms with Crippen molar-refractivity contribution in [2.75, 3.05) is 19.7 Å². The summed E-state index contributed by atoms with van der Waals surface area (Å²) in [6.45, 7) is 1.71. The average Bonchev–Trinajstić information content (AvgIpc) is 2.57. The molecule has 3 unspecified atom stereocenters. The summed E-state index contributed by atoms with van der Waals surface area (Å²) in [6.07, 6.45) is -1.98.